The van der Waals surface area contributed by atoms with Crippen molar-refractivity contribution >= 4 is 33.2 Å². The Morgan fingerprint density at radius 3 is 2.33 bits per heavy atom. The van der Waals surface area contributed by atoms with Gasteiger partial charge in [0.25, 0.3) is 0 Å². The van der Waals surface area contributed by atoms with Crippen molar-refractivity contribution in [3.05, 3.63) is 93.4 Å². The Hall–Kier alpha value is -1.97. The SMILES string of the molecule is Clc1ccc(NCc2ccccc2OCc2ccc(Br)cc2)cc1. The minimum Gasteiger partial charge on any atom is -0.489 e. The van der Waals surface area contributed by atoms with Gasteiger partial charge in [-0.15, -0.1) is 0 Å². The minimum absolute atomic E-state index is 0.547. The second kappa shape index (κ2) is 8.22. The van der Waals surface area contributed by atoms with Crippen LogP contribution in [0.5, 0.6) is 5.75 Å². The lowest BCUT2D eigenvalue weighted by Crippen LogP contribution is -2.03. The summed E-state index contributed by atoms with van der Waals surface area (Å²) in [7, 11) is 0. The summed E-state index contributed by atoms with van der Waals surface area (Å²) in [5.41, 5.74) is 3.28. The average molecular weight is 403 g/mol. The summed E-state index contributed by atoms with van der Waals surface area (Å²) in [5.74, 6) is 0.891. The molecule has 2 nitrogen and oxygen atoms in total. The summed E-state index contributed by atoms with van der Waals surface area (Å²) in [4.78, 5) is 0. The van der Waals surface area contributed by atoms with E-state index >= 15 is 0 Å². The Bertz CT molecular complexity index is 719. The van der Waals surface area contributed by atoms with Crippen molar-refractivity contribution in [1.82, 2.24) is 0 Å². The first-order valence-corrected chi connectivity index (χ1v) is 8.82. The summed E-state index contributed by atoms with van der Waals surface area (Å²) >= 11 is 9.36. The Morgan fingerprint density at radius 1 is 0.875 bits per heavy atom. The molecule has 0 fully saturated rings. The predicted molar refractivity (Wildman–Crippen MR) is 104 cm³/mol. The van der Waals surface area contributed by atoms with Crippen LogP contribution in [-0.4, -0.2) is 0 Å². The number of ether oxygens (including phenoxy) is 1. The van der Waals surface area contributed by atoms with E-state index in [0.29, 0.717) is 13.2 Å². The van der Waals surface area contributed by atoms with Crippen LogP contribution in [-0.2, 0) is 13.2 Å². The molecule has 1 N–H and O–H groups in total. The topological polar surface area (TPSA) is 21.3 Å². The molecule has 0 aliphatic carbocycles. The van der Waals surface area contributed by atoms with E-state index in [4.69, 9.17) is 16.3 Å². The van der Waals surface area contributed by atoms with Crippen molar-refractivity contribution in [2.45, 2.75) is 13.2 Å². The Morgan fingerprint density at radius 2 is 1.58 bits per heavy atom. The highest BCUT2D eigenvalue weighted by molar-refractivity contribution is 9.10. The molecule has 4 heteroatoms. The smallest absolute Gasteiger partial charge is 0.124 e. The molecule has 0 saturated carbocycles. The molecule has 0 heterocycles. The fourth-order valence-electron chi connectivity index (χ4n) is 2.30. The quantitative estimate of drug-likeness (QED) is 0.523. The van der Waals surface area contributed by atoms with Gasteiger partial charge in [-0.1, -0.05) is 57.9 Å². The highest BCUT2D eigenvalue weighted by Gasteiger charge is 2.04. The third-order valence-corrected chi connectivity index (χ3v) is 4.39. The number of benzene rings is 3. The van der Waals surface area contributed by atoms with Crippen molar-refractivity contribution in [3.8, 4) is 5.75 Å². The molecule has 3 aromatic rings. The Kier molecular flexibility index (Phi) is 5.78. The molecule has 0 atom stereocenters. The molecule has 3 aromatic carbocycles. The number of hydrogen-bond acceptors (Lipinski definition) is 2. The van der Waals surface area contributed by atoms with Gasteiger partial charge >= 0.3 is 0 Å². The Labute approximate surface area is 155 Å². The lowest BCUT2D eigenvalue weighted by atomic mass is 10.2. The molecule has 0 amide bonds. The van der Waals surface area contributed by atoms with Crippen LogP contribution < -0.4 is 10.1 Å². The first kappa shape index (κ1) is 16.9. The van der Waals surface area contributed by atoms with E-state index in [2.05, 4.69) is 39.4 Å². The zero-order chi connectivity index (χ0) is 16.8. The van der Waals surface area contributed by atoms with Crippen LogP contribution in [0.3, 0.4) is 0 Å². The molecule has 0 bridgehead atoms. The second-order valence-electron chi connectivity index (χ2n) is 5.38. The minimum atomic E-state index is 0.547. The predicted octanol–water partition coefficient (Wildman–Crippen LogP) is 6.29. The highest BCUT2D eigenvalue weighted by Crippen LogP contribution is 2.22. The molecule has 122 valence electrons. The van der Waals surface area contributed by atoms with Crippen molar-refractivity contribution in [3.63, 3.8) is 0 Å². The van der Waals surface area contributed by atoms with Gasteiger partial charge in [0.15, 0.2) is 0 Å². The molecule has 0 aliphatic rings. The molecule has 0 radical (unpaired) electrons. The molecule has 0 aliphatic heterocycles. The fourth-order valence-corrected chi connectivity index (χ4v) is 2.69. The normalized spacial score (nSPS) is 10.4. The first-order chi connectivity index (χ1) is 11.7. The van der Waals surface area contributed by atoms with E-state index in [1.807, 2.05) is 54.6 Å². The monoisotopic (exact) mass is 401 g/mol. The van der Waals surface area contributed by atoms with E-state index in [-0.39, 0.29) is 0 Å². The van der Waals surface area contributed by atoms with Gasteiger partial charge in [-0.05, 0) is 48.0 Å². The van der Waals surface area contributed by atoms with Crippen molar-refractivity contribution in [2.24, 2.45) is 0 Å². The maximum absolute atomic E-state index is 5.99. The van der Waals surface area contributed by atoms with Crippen molar-refractivity contribution in [1.29, 1.82) is 0 Å². The summed E-state index contributed by atoms with van der Waals surface area (Å²) in [6.45, 7) is 1.24. The zero-order valence-electron chi connectivity index (χ0n) is 13.0. The van der Waals surface area contributed by atoms with Gasteiger partial charge in [0, 0.05) is 27.3 Å². The third-order valence-electron chi connectivity index (χ3n) is 3.61. The van der Waals surface area contributed by atoms with Gasteiger partial charge < -0.3 is 10.1 Å². The average Bonchev–Trinajstić information content (AvgIpc) is 2.61. The fraction of sp³-hybridized carbons (Fsp3) is 0.100. The third kappa shape index (κ3) is 4.76. The standard InChI is InChI=1S/C20H17BrClNO/c21-17-7-5-15(6-8-17)14-24-20-4-2-1-3-16(20)13-23-19-11-9-18(22)10-12-19/h1-12,23H,13-14H2. The molecular formula is C20H17BrClNO. The largest absolute Gasteiger partial charge is 0.489 e. The molecule has 0 spiro atoms. The number of anilines is 1. The van der Waals surface area contributed by atoms with E-state index < -0.39 is 0 Å². The van der Waals surface area contributed by atoms with Gasteiger partial charge in [0.2, 0.25) is 0 Å². The van der Waals surface area contributed by atoms with Crippen LogP contribution in [0.1, 0.15) is 11.1 Å². The molecule has 0 aromatic heterocycles. The lowest BCUT2D eigenvalue weighted by Gasteiger charge is -2.13. The van der Waals surface area contributed by atoms with Gasteiger partial charge in [0.1, 0.15) is 12.4 Å². The lowest BCUT2D eigenvalue weighted by molar-refractivity contribution is 0.303. The molecule has 3 rings (SSSR count). The van der Waals surface area contributed by atoms with E-state index in [1.165, 1.54) is 0 Å². The highest BCUT2D eigenvalue weighted by atomic mass is 79.9. The number of rotatable bonds is 6. The van der Waals surface area contributed by atoms with Crippen LogP contribution in [0.15, 0.2) is 77.3 Å². The maximum atomic E-state index is 5.99. The van der Waals surface area contributed by atoms with Gasteiger partial charge in [-0.2, -0.15) is 0 Å². The van der Waals surface area contributed by atoms with Crippen molar-refractivity contribution < 1.29 is 4.74 Å². The van der Waals surface area contributed by atoms with Gasteiger partial charge in [-0.3, -0.25) is 0 Å². The summed E-state index contributed by atoms with van der Waals surface area (Å²) < 4.78 is 7.06. The number of nitrogens with one attached hydrogen (secondary N) is 1. The molecule has 0 saturated heterocycles. The summed E-state index contributed by atoms with van der Waals surface area (Å²) in [6, 6.07) is 23.9. The van der Waals surface area contributed by atoms with E-state index in [0.717, 1.165) is 32.1 Å². The van der Waals surface area contributed by atoms with Crippen LogP contribution >= 0.6 is 27.5 Å². The van der Waals surface area contributed by atoms with Crippen LogP contribution in [0.4, 0.5) is 5.69 Å². The maximum Gasteiger partial charge on any atom is 0.124 e. The van der Waals surface area contributed by atoms with Gasteiger partial charge in [0.05, 0.1) is 0 Å². The summed E-state index contributed by atoms with van der Waals surface area (Å²) in [6.07, 6.45) is 0. The zero-order valence-corrected chi connectivity index (χ0v) is 15.3. The first-order valence-electron chi connectivity index (χ1n) is 7.65. The number of para-hydroxylation sites is 1. The van der Waals surface area contributed by atoms with Gasteiger partial charge in [-0.25, -0.2) is 0 Å². The molecular weight excluding hydrogens is 386 g/mol. The van der Waals surface area contributed by atoms with E-state index in [9.17, 15) is 0 Å². The van der Waals surface area contributed by atoms with Crippen LogP contribution in [0, 0.1) is 0 Å². The second-order valence-corrected chi connectivity index (χ2v) is 6.74. The van der Waals surface area contributed by atoms with Crippen LogP contribution in [0.2, 0.25) is 5.02 Å². The number of hydrogen-bond donors (Lipinski definition) is 1. The molecule has 0 unspecified atom stereocenters. The number of halogens is 2. The Balaban J connectivity index is 1.64. The van der Waals surface area contributed by atoms with E-state index in [1.54, 1.807) is 0 Å². The summed E-state index contributed by atoms with van der Waals surface area (Å²) in [5, 5.41) is 4.12. The van der Waals surface area contributed by atoms with Crippen LogP contribution in [0.25, 0.3) is 0 Å². The molecule has 24 heavy (non-hydrogen) atoms. The van der Waals surface area contributed by atoms with Crippen molar-refractivity contribution in [2.75, 3.05) is 5.32 Å².